The fourth-order valence-corrected chi connectivity index (χ4v) is 3.76. The number of aromatic nitrogens is 2. The SMILES string of the molecule is CC(C)N(C)c1nc(-c2ccccc2)nc2c1CN(C(=O)COc1ccc(Cl)cc1)CC2. The molecule has 166 valence electrons. The number of hydrogen-bond acceptors (Lipinski definition) is 5. The molecule has 2 aromatic carbocycles. The summed E-state index contributed by atoms with van der Waals surface area (Å²) in [6.07, 6.45) is 0.684. The second-order valence-electron chi connectivity index (χ2n) is 8.17. The highest BCUT2D eigenvalue weighted by Crippen LogP contribution is 2.30. The zero-order valence-corrected chi connectivity index (χ0v) is 19.3. The van der Waals surface area contributed by atoms with Crippen molar-refractivity contribution < 1.29 is 9.53 Å². The van der Waals surface area contributed by atoms with Crippen LogP contribution in [-0.4, -0.2) is 47.0 Å². The standard InChI is InChI=1S/C25H27ClN4O2/c1-17(2)29(3)25-21-15-30(23(31)16-32-20-11-9-19(26)10-12-20)14-13-22(21)27-24(28-25)18-7-5-4-6-8-18/h4-12,17H,13-16H2,1-3H3. The van der Waals surface area contributed by atoms with Gasteiger partial charge < -0.3 is 14.5 Å². The average Bonchev–Trinajstić information content (AvgIpc) is 2.82. The lowest BCUT2D eigenvalue weighted by Gasteiger charge is -2.33. The fraction of sp³-hybridized carbons (Fsp3) is 0.320. The Hall–Kier alpha value is -3.12. The molecule has 1 aliphatic rings. The number of benzene rings is 2. The van der Waals surface area contributed by atoms with Gasteiger partial charge in [-0.3, -0.25) is 4.79 Å². The van der Waals surface area contributed by atoms with Crippen molar-refractivity contribution in [3.05, 3.63) is 70.9 Å². The molecule has 0 spiro atoms. The van der Waals surface area contributed by atoms with Gasteiger partial charge in [-0.1, -0.05) is 41.9 Å². The maximum Gasteiger partial charge on any atom is 0.260 e. The molecule has 3 aromatic rings. The Morgan fingerprint density at radius 2 is 1.84 bits per heavy atom. The van der Waals surface area contributed by atoms with E-state index >= 15 is 0 Å². The van der Waals surface area contributed by atoms with Crippen LogP contribution in [-0.2, 0) is 17.8 Å². The Bertz CT molecular complexity index is 1090. The van der Waals surface area contributed by atoms with Crippen LogP contribution >= 0.6 is 11.6 Å². The molecule has 1 aliphatic heterocycles. The summed E-state index contributed by atoms with van der Waals surface area (Å²) in [6, 6.07) is 17.3. The van der Waals surface area contributed by atoms with E-state index in [1.807, 2.05) is 42.3 Å². The molecule has 0 bridgehead atoms. The summed E-state index contributed by atoms with van der Waals surface area (Å²) in [6.45, 7) is 5.31. The van der Waals surface area contributed by atoms with Crippen molar-refractivity contribution in [3.8, 4) is 17.1 Å². The minimum absolute atomic E-state index is 0.0186. The van der Waals surface area contributed by atoms with E-state index in [4.69, 9.17) is 26.3 Å². The lowest BCUT2D eigenvalue weighted by Crippen LogP contribution is -2.40. The first kappa shape index (κ1) is 22.1. The number of anilines is 1. The van der Waals surface area contributed by atoms with Crippen molar-refractivity contribution in [2.75, 3.05) is 25.1 Å². The summed E-state index contributed by atoms with van der Waals surface area (Å²) in [4.78, 5) is 26.6. The Morgan fingerprint density at radius 3 is 2.53 bits per heavy atom. The predicted molar refractivity (Wildman–Crippen MR) is 127 cm³/mol. The topological polar surface area (TPSA) is 58.6 Å². The Labute approximate surface area is 193 Å². The number of carbonyl (C=O) groups is 1. The quantitative estimate of drug-likeness (QED) is 0.549. The molecular weight excluding hydrogens is 424 g/mol. The molecule has 1 aromatic heterocycles. The van der Waals surface area contributed by atoms with Crippen molar-refractivity contribution in [1.82, 2.24) is 14.9 Å². The number of halogens is 1. The summed E-state index contributed by atoms with van der Waals surface area (Å²) in [7, 11) is 2.03. The van der Waals surface area contributed by atoms with E-state index in [0.29, 0.717) is 30.3 Å². The van der Waals surface area contributed by atoms with Gasteiger partial charge in [0.15, 0.2) is 12.4 Å². The average molecular weight is 451 g/mol. The van der Waals surface area contributed by atoms with E-state index in [-0.39, 0.29) is 18.6 Å². The van der Waals surface area contributed by atoms with E-state index in [0.717, 1.165) is 28.5 Å². The Kier molecular flexibility index (Phi) is 6.61. The molecular formula is C25H27ClN4O2. The van der Waals surface area contributed by atoms with E-state index in [1.54, 1.807) is 24.3 Å². The van der Waals surface area contributed by atoms with E-state index in [2.05, 4.69) is 18.7 Å². The second-order valence-corrected chi connectivity index (χ2v) is 8.61. The summed E-state index contributed by atoms with van der Waals surface area (Å²) < 4.78 is 5.67. The van der Waals surface area contributed by atoms with Crippen LogP contribution in [0.2, 0.25) is 5.02 Å². The largest absolute Gasteiger partial charge is 0.484 e. The summed E-state index contributed by atoms with van der Waals surface area (Å²) >= 11 is 5.91. The van der Waals surface area contributed by atoms with Gasteiger partial charge >= 0.3 is 0 Å². The van der Waals surface area contributed by atoms with E-state index in [1.165, 1.54) is 0 Å². The number of rotatable bonds is 6. The molecule has 0 aliphatic carbocycles. The molecule has 0 saturated heterocycles. The number of fused-ring (bicyclic) bond motifs is 1. The highest BCUT2D eigenvalue weighted by molar-refractivity contribution is 6.30. The van der Waals surface area contributed by atoms with Crippen LogP contribution in [0.25, 0.3) is 11.4 Å². The maximum absolute atomic E-state index is 12.9. The van der Waals surface area contributed by atoms with Gasteiger partial charge in [0.1, 0.15) is 11.6 Å². The molecule has 2 heterocycles. The molecule has 1 amide bonds. The summed E-state index contributed by atoms with van der Waals surface area (Å²) in [5, 5.41) is 0.632. The normalized spacial score (nSPS) is 13.1. The monoisotopic (exact) mass is 450 g/mol. The number of hydrogen-bond donors (Lipinski definition) is 0. The van der Waals surface area contributed by atoms with Crippen LogP contribution in [0.4, 0.5) is 5.82 Å². The lowest BCUT2D eigenvalue weighted by atomic mass is 10.0. The van der Waals surface area contributed by atoms with Gasteiger partial charge in [-0.2, -0.15) is 0 Å². The van der Waals surface area contributed by atoms with Gasteiger partial charge in [0.05, 0.1) is 12.2 Å². The Balaban J connectivity index is 1.57. The van der Waals surface area contributed by atoms with Crippen molar-refractivity contribution >= 4 is 23.3 Å². The highest BCUT2D eigenvalue weighted by atomic mass is 35.5. The van der Waals surface area contributed by atoms with Gasteiger partial charge in [0.2, 0.25) is 0 Å². The molecule has 0 N–H and O–H groups in total. The molecule has 0 unspecified atom stereocenters. The number of nitrogens with zero attached hydrogens (tertiary/aromatic N) is 4. The van der Waals surface area contributed by atoms with Crippen LogP contribution in [0, 0.1) is 0 Å². The van der Waals surface area contributed by atoms with Crippen molar-refractivity contribution in [2.24, 2.45) is 0 Å². The first-order valence-electron chi connectivity index (χ1n) is 10.8. The fourth-order valence-electron chi connectivity index (χ4n) is 3.63. The third-order valence-electron chi connectivity index (χ3n) is 5.71. The summed E-state index contributed by atoms with van der Waals surface area (Å²) in [5.41, 5.74) is 3.00. The Morgan fingerprint density at radius 1 is 1.12 bits per heavy atom. The molecule has 6 nitrogen and oxygen atoms in total. The molecule has 4 rings (SSSR count). The predicted octanol–water partition coefficient (Wildman–Crippen LogP) is 4.61. The zero-order valence-electron chi connectivity index (χ0n) is 18.6. The zero-order chi connectivity index (χ0) is 22.7. The number of amides is 1. The van der Waals surface area contributed by atoms with Crippen LogP contribution in [0.1, 0.15) is 25.1 Å². The molecule has 0 fully saturated rings. The van der Waals surface area contributed by atoms with Crippen molar-refractivity contribution in [1.29, 1.82) is 0 Å². The van der Waals surface area contributed by atoms with E-state index < -0.39 is 0 Å². The minimum atomic E-state index is -0.0594. The maximum atomic E-state index is 12.9. The van der Waals surface area contributed by atoms with Crippen LogP contribution in [0.5, 0.6) is 5.75 Å². The molecule has 0 radical (unpaired) electrons. The van der Waals surface area contributed by atoms with Gasteiger partial charge in [-0.25, -0.2) is 9.97 Å². The second kappa shape index (κ2) is 9.57. The highest BCUT2D eigenvalue weighted by Gasteiger charge is 2.28. The van der Waals surface area contributed by atoms with Gasteiger partial charge in [-0.05, 0) is 38.1 Å². The van der Waals surface area contributed by atoms with Crippen LogP contribution in [0.3, 0.4) is 0 Å². The third-order valence-corrected chi connectivity index (χ3v) is 5.96. The number of ether oxygens (including phenoxy) is 1. The first-order chi connectivity index (χ1) is 15.4. The molecule has 0 saturated carbocycles. The van der Waals surface area contributed by atoms with Gasteiger partial charge in [0, 0.05) is 42.2 Å². The number of carbonyl (C=O) groups excluding carboxylic acids is 1. The van der Waals surface area contributed by atoms with Crippen LogP contribution < -0.4 is 9.64 Å². The molecule has 32 heavy (non-hydrogen) atoms. The van der Waals surface area contributed by atoms with E-state index in [9.17, 15) is 4.79 Å². The molecule has 7 heteroatoms. The van der Waals surface area contributed by atoms with Gasteiger partial charge in [-0.15, -0.1) is 0 Å². The van der Waals surface area contributed by atoms with Crippen molar-refractivity contribution in [2.45, 2.75) is 32.9 Å². The van der Waals surface area contributed by atoms with Crippen LogP contribution in [0.15, 0.2) is 54.6 Å². The van der Waals surface area contributed by atoms with Gasteiger partial charge in [0.25, 0.3) is 5.91 Å². The minimum Gasteiger partial charge on any atom is -0.484 e. The smallest absolute Gasteiger partial charge is 0.260 e. The summed E-state index contributed by atoms with van der Waals surface area (Å²) in [5.74, 6) is 2.16. The molecule has 0 atom stereocenters. The van der Waals surface area contributed by atoms with Crippen molar-refractivity contribution in [3.63, 3.8) is 0 Å². The third kappa shape index (κ3) is 4.86. The first-order valence-corrected chi connectivity index (χ1v) is 11.1. The lowest BCUT2D eigenvalue weighted by molar-refractivity contribution is -0.134.